The summed E-state index contributed by atoms with van der Waals surface area (Å²) in [6, 6.07) is 2.62. The first-order chi connectivity index (χ1) is 12.9. The van der Waals surface area contributed by atoms with Crippen molar-refractivity contribution in [1.82, 2.24) is 9.97 Å². The van der Waals surface area contributed by atoms with Gasteiger partial charge in [0, 0.05) is 17.8 Å². The lowest BCUT2D eigenvalue weighted by atomic mass is 9.99. The van der Waals surface area contributed by atoms with E-state index in [1.54, 1.807) is 12.1 Å². The zero-order valence-electron chi connectivity index (χ0n) is 14.2. The average Bonchev–Trinajstić information content (AvgIpc) is 3.24. The lowest BCUT2D eigenvalue weighted by molar-refractivity contribution is -0.136. The minimum Gasteiger partial charge on any atom is -0.481 e. The number of nitrogens with one attached hydrogen (secondary N) is 2. The number of halogens is 1. The maximum Gasteiger partial charge on any atom is 0.325 e. The third-order valence-electron chi connectivity index (χ3n) is 4.19. The number of aliphatic carboxylic acids is 1. The van der Waals surface area contributed by atoms with Gasteiger partial charge in [0.05, 0.1) is 15.9 Å². The van der Waals surface area contributed by atoms with E-state index in [-0.39, 0.29) is 23.3 Å². The predicted octanol–water partition coefficient (Wildman–Crippen LogP) is 3.94. The van der Waals surface area contributed by atoms with Gasteiger partial charge in [-0.25, -0.2) is 9.78 Å². The van der Waals surface area contributed by atoms with E-state index in [1.807, 2.05) is 0 Å². The molecule has 0 atom stereocenters. The maximum atomic E-state index is 12.5. The van der Waals surface area contributed by atoms with Gasteiger partial charge in [0.25, 0.3) is 0 Å². The van der Waals surface area contributed by atoms with Crippen LogP contribution in [-0.4, -0.2) is 32.9 Å². The van der Waals surface area contributed by atoms with Crippen molar-refractivity contribution in [3.8, 4) is 0 Å². The van der Waals surface area contributed by atoms with Gasteiger partial charge < -0.3 is 10.4 Å². The lowest BCUT2D eigenvalue weighted by Gasteiger charge is -2.09. The maximum absolute atomic E-state index is 12.5. The van der Waals surface area contributed by atoms with Crippen LogP contribution in [0.4, 0.5) is 15.6 Å². The zero-order valence-corrected chi connectivity index (χ0v) is 16.6. The Morgan fingerprint density at radius 3 is 2.70 bits per heavy atom. The van der Waals surface area contributed by atoms with Crippen LogP contribution in [0.25, 0.3) is 0 Å². The second-order valence-corrected chi connectivity index (χ2v) is 8.48. The van der Waals surface area contributed by atoms with Crippen molar-refractivity contribution < 1.29 is 19.5 Å². The molecule has 27 heavy (non-hydrogen) atoms. The molecule has 2 amide bonds. The molecule has 0 aliphatic heterocycles. The molecule has 0 saturated heterocycles. The number of thiazole rings is 1. The summed E-state index contributed by atoms with van der Waals surface area (Å²) < 4.78 is 0.550. The molecule has 0 bridgehead atoms. The number of Topliss-reactive ketones (excluding diaryl/α,β-unsaturated/α-hetero) is 1. The number of anilines is 2. The van der Waals surface area contributed by atoms with Gasteiger partial charge in [-0.05, 0) is 40.9 Å². The van der Waals surface area contributed by atoms with Crippen LogP contribution in [0.3, 0.4) is 0 Å². The first-order valence-corrected chi connectivity index (χ1v) is 9.98. The standard InChI is InChI=1S/C17H17BrN4O4S/c18-15-12(8-13(23)24)21-17(27-15)22-16(26)20-10-5-6-19-11(7-10)14(25)9-3-1-2-4-9/h5-7,9H,1-4,8H2,(H,23,24)(H2,19,20,21,22,26). The molecule has 1 aliphatic rings. The molecule has 0 radical (unpaired) electrons. The van der Waals surface area contributed by atoms with Crippen molar-refractivity contribution in [2.24, 2.45) is 5.92 Å². The van der Waals surface area contributed by atoms with Gasteiger partial charge >= 0.3 is 12.0 Å². The van der Waals surface area contributed by atoms with Gasteiger partial charge in [0.1, 0.15) is 5.69 Å². The monoisotopic (exact) mass is 452 g/mol. The molecule has 2 aromatic heterocycles. The highest BCUT2D eigenvalue weighted by Crippen LogP contribution is 2.29. The summed E-state index contributed by atoms with van der Waals surface area (Å²) in [5, 5.41) is 14.3. The van der Waals surface area contributed by atoms with Crippen molar-refractivity contribution in [3.05, 3.63) is 33.5 Å². The average molecular weight is 453 g/mol. The molecule has 142 valence electrons. The number of hydrogen-bond acceptors (Lipinski definition) is 6. The molecule has 0 unspecified atom stereocenters. The molecule has 8 nitrogen and oxygen atoms in total. The largest absolute Gasteiger partial charge is 0.481 e. The number of carboxylic acids is 1. The van der Waals surface area contributed by atoms with Crippen LogP contribution in [0.5, 0.6) is 0 Å². The fourth-order valence-electron chi connectivity index (χ4n) is 2.94. The van der Waals surface area contributed by atoms with Crippen LogP contribution >= 0.6 is 27.3 Å². The molecular formula is C17H17BrN4O4S. The molecule has 0 spiro atoms. The van der Waals surface area contributed by atoms with Gasteiger partial charge in [0.2, 0.25) is 0 Å². The van der Waals surface area contributed by atoms with E-state index in [0.717, 1.165) is 37.0 Å². The Hall–Kier alpha value is -2.33. The summed E-state index contributed by atoms with van der Waals surface area (Å²) >= 11 is 4.36. The highest BCUT2D eigenvalue weighted by atomic mass is 79.9. The van der Waals surface area contributed by atoms with E-state index >= 15 is 0 Å². The molecule has 1 aliphatic carbocycles. The van der Waals surface area contributed by atoms with Gasteiger partial charge in [-0.15, -0.1) is 0 Å². The summed E-state index contributed by atoms with van der Waals surface area (Å²) in [5.41, 5.74) is 1.14. The fraction of sp³-hybridized carbons (Fsp3) is 0.353. The van der Waals surface area contributed by atoms with Crippen molar-refractivity contribution in [2.75, 3.05) is 10.6 Å². The normalized spacial score (nSPS) is 14.1. The topological polar surface area (TPSA) is 121 Å². The summed E-state index contributed by atoms with van der Waals surface area (Å²) in [4.78, 5) is 43.6. The Bertz CT molecular complexity index is 880. The first kappa shape index (κ1) is 19.4. The van der Waals surface area contributed by atoms with Crippen molar-refractivity contribution in [1.29, 1.82) is 0 Å². The highest BCUT2D eigenvalue weighted by Gasteiger charge is 2.25. The molecule has 3 rings (SSSR count). The lowest BCUT2D eigenvalue weighted by Crippen LogP contribution is -2.20. The number of carbonyl (C=O) groups is 3. The number of ketones is 1. The Balaban J connectivity index is 1.63. The number of rotatable bonds is 6. The van der Waals surface area contributed by atoms with E-state index < -0.39 is 12.0 Å². The van der Waals surface area contributed by atoms with Crippen LogP contribution < -0.4 is 10.6 Å². The second-order valence-electron chi connectivity index (χ2n) is 6.16. The van der Waals surface area contributed by atoms with Crippen molar-refractivity contribution in [3.63, 3.8) is 0 Å². The summed E-state index contributed by atoms with van der Waals surface area (Å²) in [6.07, 6.45) is 5.14. The Morgan fingerprint density at radius 2 is 2.00 bits per heavy atom. The van der Waals surface area contributed by atoms with E-state index in [0.29, 0.717) is 20.9 Å². The van der Waals surface area contributed by atoms with Crippen LogP contribution in [-0.2, 0) is 11.2 Å². The summed E-state index contributed by atoms with van der Waals surface area (Å²) in [6.45, 7) is 0. The first-order valence-electron chi connectivity index (χ1n) is 8.37. The number of carboxylic acid groups (broad SMARTS) is 1. The van der Waals surface area contributed by atoms with E-state index in [9.17, 15) is 14.4 Å². The second kappa shape index (κ2) is 8.57. The number of amides is 2. The van der Waals surface area contributed by atoms with Gasteiger partial charge in [-0.3, -0.25) is 19.9 Å². The van der Waals surface area contributed by atoms with Gasteiger partial charge in [-0.2, -0.15) is 0 Å². The van der Waals surface area contributed by atoms with Crippen LogP contribution in [0.15, 0.2) is 22.1 Å². The number of aromatic nitrogens is 2. The smallest absolute Gasteiger partial charge is 0.325 e. The Labute approximate surface area is 167 Å². The molecular weight excluding hydrogens is 436 g/mol. The zero-order chi connectivity index (χ0) is 19.4. The molecule has 0 aromatic carbocycles. The quantitative estimate of drug-likeness (QED) is 0.570. The van der Waals surface area contributed by atoms with Crippen molar-refractivity contribution >= 4 is 55.9 Å². The van der Waals surface area contributed by atoms with E-state index in [4.69, 9.17) is 5.11 Å². The number of nitrogens with zero attached hydrogens (tertiary/aromatic N) is 2. The highest BCUT2D eigenvalue weighted by molar-refractivity contribution is 9.11. The van der Waals surface area contributed by atoms with E-state index in [2.05, 4.69) is 36.5 Å². The summed E-state index contributed by atoms with van der Waals surface area (Å²) in [5.74, 6) is -0.978. The number of urea groups is 1. The SMILES string of the molecule is O=C(O)Cc1nc(NC(=O)Nc2ccnc(C(=O)C3CCCC3)c2)sc1Br. The Kier molecular flexibility index (Phi) is 6.17. The molecule has 3 N–H and O–H groups in total. The fourth-order valence-corrected chi connectivity index (χ4v) is 4.33. The minimum atomic E-state index is -1.01. The molecule has 1 fully saturated rings. The van der Waals surface area contributed by atoms with Crippen LogP contribution in [0, 0.1) is 5.92 Å². The number of hydrogen-bond donors (Lipinski definition) is 3. The number of pyridine rings is 1. The van der Waals surface area contributed by atoms with Gasteiger partial charge in [-0.1, -0.05) is 24.2 Å². The van der Waals surface area contributed by atoms with Crippen LogP contribution in [0.2, 0.25) is 0 Å². The van der Waals surface area contributed by atoms with Crippen molar-refractivity contribution in [2.45, 2.75) is 32.1 Å². The molecule has 2 aromatic rings. The molecule has 1 saturated carbocycles. The van der Waals surface area contributed by atoms with Crippen LogP contribution in [0.1, 0.15) is 41.9 Å². The summed E-state index contributed by atoms with van der Waals surface area (Å²) in [7, 11) is 0. The third-order valence-corrected chi connectivity index (χ3v) is 5.93. The van der Waals surface area contributed by atoms with Gasteiger partial charge in [0.15, 0.2) is 10.9 Å². The third kappa shape index (κ3) is 5.10. The predicted molar refractivity (Wildman–Crippen MR) is 104 cm³/mol. The Morgan fingerprint density at radius 1 is 1.26 bits per heavy atom. The number of carbonyl (C=O) groups excluding carboxylic acids is 2. The minimum absolute atomic E-state index is 0.0127. The van der Waals surface area contributed by atoms with E-state index in [1.165, 1.54) is 6.20 Å². The molecule has 10 heteroatoms. The molecule has 2 heterocycles.